The van der Waals surface area contributed by atoms with Gasteiger partial charge in [0, 0.05) is 43.3 Å². The third-order valence-electron chi connectivity index (χ3n) is 5.45. The molecule has 34 heavy (non-hydrogen) atoms. The molecular weight excluding hydrogens is 456 g/mol. The zero-order chi connectivity index (χ0) is 25.1. The lowest BCUT2D eigenvalue weighted by atomic mass is 9.98. The van der Waals surface area contributed by atoms with E-state index in [1.807, 2.05) is 20.8 Å². The molecule has 0 saturated carbocycles. The normalized spacial score (nSPS) is 12.0. The maximum Gasteiger partial charge on any atom is 0.247 e. The van der Waals surface area contributed by atoms with Crippen LogP contribution in [0.3, 0.4) is 0 Å². The number of amides is 3. The average molecular weight is 489 g/mol. The SMILES string of the molecule is CCC(C)(C)NC(=O)[C@H](c1ccc(Cl)cc1)N(CCOC)C(=O)CCC(=O)Nc1ccccn1. The Bertz CT molecular complexity index is 951. The van der Waals surface area contributed by atoms with Gasteiger partial charge in [-0.3, -0.25) is 14.4 Å². The van der Waals surface area contributed by atoms with E-state index >= 15 is 0 Å². The minimum absolute atomic E-state index is 0.0473. The van der Waals surface area contributed by atoms with Crippen LogP contribution in [-0.2, 0) is 19.1 Å². The van der Waals surface area contributed by atoms with E-state index in [4.69, 9.17) is 16.3 Å². The lowest BCUT2D eigenvalue weighted by Gasteiger charge is -2.34. The second-order valence-corrected chi connectivity index (χ2v) is 8.96. The van der Waals surface area contributed by atoms with Crippen LogP contribution >= 0.6 is 11.6 Å². The van der Waals surface area contributed by atoms with Crippen LogP contribution in [0, 0.1) is 0 Å². The Morgan fingerprint density at radius 2 is 1.82 bits per heavy atom. The molecule has 0 aliphatic rings. The van der Waals surface area contributed by atoms with Crippen LogP contribution in [0.4, 0.5) is 5.82 Å². The van der Waals surface area contributed by atoms with E-state index in [1.165, 1.54) is 12.0 Å². The van der Waals surface area contributed by atoms with E-state index in [0.717, 1.165) is 0 Å². The number of hydrogen-bond acceptors (Lipinski definition) is 5. The molecule has 0 bridgehead atoms. The molecule has 0 saturated heterocycles. The van der Waals surface area contributed by atoms with Gasteiger partial charge in [0.05, 0.1) is 6.61 Å². The van der Waals surface area contributed by atoms with Gasteiger partial charge >= 0.3 is 0 Å². The molecule has 0 unspecified atom stereocenters. The third-order valence-corrected chi connectivity index (χ3v) is 5.70. The molecule has 3 amide bonds. The van der Waals surface area contributed by atoms with Crippen molar-refractivity contribution >= 4 is 35.1 Å². The molecule has 1 atom stereocenters. The lowest BCUT2D eigenvalue weighted by Crippen LogP contribution is -2.51. The fraction of sp³-hybridized carbons (Fsp3) is 0.440. The van der Waals surface area contributed by atoms with Gasteiger partial charge in [-0.25, -0.2) is 4.98 Å². The first-order chi connectivity index (χ1) is 16.2. The first-order valence-corrected chi connectivity index (χ1v) is 11.6. The largest absolute Gasteiger partial charge is 0.383 e. The molecule has 0 radical (unpaired) electrons. The van der Waals surface area contributed by atoms with E-state index in [2.05, 4.69) is 15.6 Å². The van der Waals surface area contributed by atoms with Crippen LogP contribution in [0.25, 0.3) is 0 Å². The Kier molecular flexibility index (Phi) is 10.5. The van der Waals surface area contributed by atoms with Gasteiger partial charge in [0.1, 0.15) is 11.9 Å². The van der Waals surface area contributed by atoms with Crippen LogP contribution in [-0.4, -0.2) is 53.4 Å². The van der Waals surface area contributed by atoms with Crippen molar-refractivity contribution in [3.05, 3.63) is 59.2 Å². The Morgan fingerprint density at radius 1 is 1.12 bits per heavy atom. The smallest absolute Gasteiger partial charge is 0.247 e. The van der Waals surface area contributed by atoms with Gasteiger partial charge in [-0.15, -0.1) is 0 Å². The summed E-state index contributed by atoms with van der Waals surface area (Å²) in [5.74, 6) is -0.566. The third kappa shape index (κ3) is 8.43. The number of anilines is 1. The maximum absolute atomic E-state index is 13.4. The highest BCUT2D eigenvalue weighted by atomic mass is 35.5. The fourth-order valence-corrected chi connectivity index (χ4v) is 3.33. The molecule has 1 aromatic heterocycles. The van der Waals surface area contributed by atoms with Crippen LogP contribution in [0.1, 0.15) is 51.6 Å². The van der Waals surface area contributed by atoms with Crippen molar-refractivity contribution < 1.29 is 19.1 Å². The number of aromatic nitrogens is 1. The van der Waals surface area contributed by atoms with E-state index in [1.54, 1.807) is 48.7 Å². The number of halogens is 1. The topological polar surface area (TPSA) is 101 Å². The molecular formula is C25H33ClN4O4. The highest BCUT2D eigenvalue weighted by molar-refractivity contribution is 6.30. The predicted molar refractivity (Wildman–Crippen MR) is 132 cm³/mol. The number of nitrogens with zero attached hydrogens (tertiary/aromatic N) is 2. The van der Waals surface area contributed by atoms with Crippen LogP contribution in [0.15, 0.2) is 48.7 Å². The van der Waals surface area contributed by atoms with Gasteiger partial charge in [-0.1, -0.05) is 36.7 Å². The van der Waals surface area contributed by atoms with E-state index < -0.39 is 11.6 Å². The molecule has 2 rings (SSSR count). The molecule has 9 heteroatoms. The van der Waals surface area contributed by atoms with Gasteiger partial charge in [0.15, 0.2) is 0 Å². The van der Waals surface area contributed by atoms with Crippen molar-refractivity contribution in [3.63, 3.8) is 0 Å². The highest BCUT2D eigenvalue weighted by Crippen LogP contribution is 2.25. The van der Waals surface area contributed by atoms with Crippen molar-refractivity contribution in [2.75, 3.05) is 25.6 Å². The van der Waals surface area contributed by atoms with Crippen LogP contribution < -0.4 is 10.6 Å². The maximum atomic E-state index is 13.4. The molecule has 8 nitrogen and oxygen atoms in total. The summed E-state index contributed by atoms with van der Waals surface area (Å²) in [7, 11) is 1.53. The summed E-state index contributed by atoms with van der Waals surface area (Å²) in [6.45, 7) is 6.25. The molecule has 0 aliphatic heterocycles. The van der Waals surface area contributed by atoms with Gasteiger partial charge in [0.25, 0.3) is 0 Å². The van der Waals surface area contributed by atoms with E-state index in [-0.39, 0.29) is 43.7 Å². The van der Waals surface area contributed by atoms with Gasteiger partial charge in [-0.2, -0.15) is 0 Å². The van der Waals surface area contributed by atoms with Crippen molar-refractivity contribution in [1.82, 2.24) is 15.2 Å². The van der Waals surface area contributed by atoms with Crippen LogP contribution in [0.2, 0.25) is 5.02 Å². The standard InChI is InChI=1S/C25H33ClN4O4/c1-5-25(2,3)29-24(33)23(18-9-11-19(26)12-10-18)30(16-17-34-4)22(32)14-13-21(31)28-20-8-6-7-15-27-20/h6-12,15,23H,5,13-14,16-17H2,1-4H3,(H,29,33)(H,27,28,31)/t23-/m0/s1. The molecule has 1 aromatic carbocycles. The number of hydrogen-bond donors (Lipinski definition) is 2. The predicted octanol–water partition coefficient (Wildman–Crippen LogP) is 3.97. The summed E-state index contributed by atoms with van der Waals surface area (Å²) in [6, 6.07) is 11.1. The first kappa shape index (κ1) is 27.3. The molecule has 0 spiro atoms. The van der Waals surface area contributed by atoms with Gasteiger partial charge in [0.2, 0.25) is 17.7 Å². The lowest BCUT2D eigenvalue weighted by molar-refractivity contribution is -0.142. The number of nitrogens with one attached hydrogen (secondary N) is 2. The monoisotopic (exact) mass is 488 g/mol. The van der Waals surface area contributed by atoms with Gasteiger partial charge in [-0.05, 0) is 50.1 Å². The Hall–Kier alpha value is -2.97. The number of ether oxygens (including phenoxy) is 1. The molecule has 0 fully saturated rings. The fourth-order valence-electron chi connectivity index (χ4n) is 3.20. The van der Waals surface area contributed by atoms with E-state index in [0.29, 0.717) is 22.8 Å². The highest BCUT2D eigenvalue weighted by Gasteiger charge is 2.33. The minimum Gasteiger partial charge on any atom is -0.383 e. The summed E-state index contributed by atoms with van der Waals surface area (Å²) < 4.78 is 5.20. The quantitative estimate of drug-likeness (QED) is 0.470. The molecule has 2 aromatic rings. The second kappa shape index (κ2) is 13.1. The van der Waals surface area contributed by atoms with Crippen molar-refractivity contribution in [2.24, 2.45) is 0 Å². The number of carbonyl (C=O) groups is 3. The Balaban J connectivity index is 2.25. The average Bonchev–Trinajstić information content (AvgIpc) is 2.81. The van der Waals surface area contributed by atoms with Gasteiger partial charge < -0.3 is 20.3 Å². The number of rotatable bonds is 12. The number of benzene rings is 1. The summed E-state index contributed by atoms with van der Waals surface area (Å²) in [4.78, 5) is 44.6. The number of carbonyl (C=O) groups excluding carboxylic acids is 3. The molecule has 0 aliphatic carbocycles. The Labute approximate surface area is 206 Å². The van der Waals surface area contributed by atoms with Crippen molar-refractivity contribution in [2.45, 2.75) is 51.6 Å². The summed E-state index contributed by atoms with van der Waals surface area (Å²) in [5.41, 5.74) is 0.163. The summed E-state index contributed by atoms with van der Waals surface area (Å²) in [6.07, 6.45) is 2.16. The second-order valence-electron chi connectivity index (χ2n) is 8.52. The van der Waals surface area contributed by atoms with Crippen LogP contribution in [0.5, 0.6) is 0 Å². The Morgan fingerprint density at radius 3 is 2.41 bits per heavy atom. The minimum atomic E-state index is -0.899. The zero-order valence-electron chi connectivity index (χ0n) is 20.1. The van der Waals surface area contributed by atoms with Crippen molar-refractivity contribution in [1.29, 1.82) is 0 Å². The summed E-state index contributed by atoms with van der Waals surface area (Å²) in [5, 5.41) is 6.23. The molecule has 1 heterocycles. The first-order valence-electron chi connectivity index (χ1n) is 11.2. The van der Waals surface area contributed by atoms with Crippen molar-refractivity contribution in [3.8, 4) is 0 Å². The van der Waals surface area contributed by atoms with E-state index in [9.17, 15) is 14.4 Å². The molecule has 2 N–H and O–H groups in total. The number of methoxy groups -OCH3 is 1. The number of pyridine rings is 1. The summed E-state index contributed by atoms with van der Waals surface area (Å²) >= 11 is 6.05. The zero-order valence-corrected chi connectivity index (χ0v) is 20.9. The molecule has 184 valence electrons.